The van der Waals surface area contributed by atoms with Crippen molar-refractivity contribution in [1.29, 1.82) is 0 Å². The van der Waals surface area contributed by atoms with E-state index >= 15 is 0 Å². The van der Waals surface area contributed by atoms with E-state index in [1.54, 1.807) is 0 Å². The zero-order valence-corrected chi connectivity index (χ0v) is 37.6. The molecule has 7 nitrogen and oxygen atoms in total. The molecule has 4 aromatic rings. The first-order valence-corrected chi connectivity index (χ1v) is 23.5. The number of rotatable bonds is 28. The van der Waals surface area contributed by atoms with E-state index in [2.05, 4.69) is 111 Å². The van der Waals surface area contributed by atoms with Gasteiger partial charge in [0.05, 0.1) is 23.1 Å². The Morgan fingerprint density at radius 1 is 0.571 bits per heavy atom. The molecule has 56 heavy (non-hydrogen) atoms. The molecule has 0 radical (unpaired) electrons. The molecule has 4 N–H and O–H groups in total. The molecular weight excluding hydrogens is 707 g/mol. The van der Waals surface area contributed by atoms with Crippen molar-refractivity contribution in [2.75, 3.05) is 53.7 Å². The lowest BCUT2D eigenvalue weighted by Crippen LogP contribution is -2.29. The van der Waals surface area contributed by atoms with Crippen molar-refractivity contribution in [3.63, 3.8) is 0 Å². The van der Waals surface area contributed by atoms with Gasteiger partial charge in [-0.15, -0.1) is 0 Å². The van der Waals surface area contributed by atoms with Crippen LogP contribution in [0.5, 0.6) is 0 Å². The van der Waals surface area contributed by atoms with Crippen molar-refractivity contribution < 1.29 is 0 Å². The summed E-state index contributed by atoms with van der Waals surface area (Å²) in [4.78, 5) is 5.15. The summed E-state index contributed by atoms with van der Waals surface area (Å²) in [6, 6.07) is 18.1. The number of aromatic nitrogens is 2. The first kappa shape index (κ1) is 47.0. The highest BCUT2D eigenvalue weighted by molar-refractivity contribution is 7.00. The summed E-state index contributed by atoms with van der Waals surface area (Å²) >= 11 is 1.27. The third-order valence-electron chi connectivity index (χ3n) is 11.1. The predicted molar refractivity (Wildman–Crippen MR) is 252 cm³/mol. The van der Waals surface area contributed by atoms with Crippen molar-refractivity contribution in [3.05, 3.63) is 48.5 Å². The van der Waals surface area contributed by atoms with Crippen molar-refractivity contribution >= 4 is 45.5 Å². The SMILES string of the molecule is CC.CCCCCN(CCCCC)c1ccc(-c2c(N)c(NNCC(CC)CCCC)c(-c3ccc(N(CCCCC)CCCCC)cc3)c3nsnc23)cc1. The van der Waals surface area contributed by atoms with Gasteiger partial charge in [0, 0.05) is 55.2 Å². The van der Waals surface area contributed by atoms with Gasteiger partial charge in [0.1, 0.15) is 11.0 Å². The van der Waals surface area contributed by atoms with Gasteiger partial charge < -0.3 is 21.0 Å². The Hall–Kier alpha value is -3.36. The molecule has 1 aromatic heterocycles. The molecule has 0 aliphatic heterocycles. The van der Waals surface area contributed by atoms with Crippen molar-refractivity contribution in [3.8, 4) is 22.3 Å². The minimum absolute atomic E-state index is 0.599. The molecule has 8 heteroatoms. The van der Waals surface area contributed by atoms with Gasteiger partial charge in [0.25, 0.3) is 0 Å². The Morgan fingerprint density at radius 3 is 1.39 bits per heavy atom. The van der Waals surface area contributed by atoms with Crippen molar-refractivity contribution in [1.82, 2.24) is 14.2 Å². The lowest BCUT2D eigenvalue weighted by molar-refractivity contribution is 0.433. The predicted octanol–water partition coefficient (Wildman–Crippen LogP) is 14.1. The molecule has 0 aliphatic carbocycles. The van der Waals surface area contributed by atoms with Crippen LogP contribution in [0.3, 0.4) is 0 Å². The Morgan fingerprint density at radius 2 is 0.982 bits per heavy atom. The number of hydrazine groups is 1. The highest BCUT2D eigenvalue weighted by Crippen LogP contribution is 2.46. The van der Waals surface area contributed by atoms with Crippen molar-refractivity contribution in [2.24, 2.45) is 5.92 Å². The average molecular weight is 786 g/mol. The zero-order chi connectivity index (χ0) is 40.5. The molecule has 1 unspecified atom stereocenters. The van der Waals surface area contributed by atoms with E-state index in [-0.39, 0.29) is 0 Å². The molecule has 3 aromatic carbocycles. The number of benzene rings is 3. The maximum absolute atomic E-state index is 7.30. The number of anilines is 4. The van der Waals surface area contributed by atoms with Crippen LogP contribution in [0.1, 0.15) is 158 Å². The number of unbranched alkanes of at least 4 members (excludes halogenated alkanes) is 9. The first-order chi connectivity index (χ1) is 27.5. The monoisotopic (exact) mass is 786 g/mol. The highest BCUT2D eigenvalue weighted by atomic mass is 32.1. The van der Waals surface area contributed by atoms with Crippen LogP contribution < -0.4 is 26.4 Å². The molecule has 0 fully saturated rings. The van der Waals surface area contributed by atoms with E-state index in [1.165, 1.54) is 119 Å². The Bertz CT molecular complexity index is 1580. The van der Waals surface area contributed by atoms with Gasteiger partial charge in [-0.25, -0.2) is 5.43 Å². The van der Waals surface area contributed by atoms with Gasteiger partial charge in [0.2, 0.25) is 0 Å². The molecule has 1 atom stereocenters. The van der Waals surface area contributed by atoms with E-state index < -0.39 is 0 Å². The summed E-state index contributed by atoms with van der Waals surface area (Å²) in [6.07, 6.45) is 19.7. The molecule has 0 spiro atoms. The first-order valence-electron chi connectivity index (χ1n) is 22.8. The van der Waals surface area contributed by atoms with Crippen molar-refractivity contribution in [2.45, 2.75) is 158 Å². The summed E-state index contributed by atoms with van der Waals surface area (Å²) in [7, 11) is 0. The second-order valence-electron chi connectivity index (χ2n) is 15.3. The number of nitrogens with one attached hydrogen (secondary N) is 2. The molecule has 0 aliphatic rings. The normalized spacial score (nSPS) is 11.7. The number of hydrogen-bond donors (Lipinski definition) is 3. The number of hydrogen-bond acceptors (Lipinski definition) is 8. The third kappa shape index (κ3) is 13.9. The van der Waals surface area contributed by atoms with Crippen LogP contribution >= 0.6 is 11.7 Å². The molecule has 4 rings (SSSR count). The van der Waals surface area contributed by atoms with Crippen LogP contribution in [-0.2, 0) is 0 Å². The van der Waals surface area contributed by atoms with Gasteiger partial charge in [-0.2, -0.15) is 8.75 Å². The van der Waals surface area contributed by atoms with Crippen LogP contribution in [0.15, 0.2) is 48.5 Å². The van der Waals surface area contributed by atoms with Crippen LogP contribution in [-0.4, -0.2) is 41.5 Å². The summed E-state index contributed by atoms with van der Waals surface area (Å²) in [5.74, 6) is 0.599. The number of fused-ring (bicyclic) bond motifs is 1. The standard InChI is InChI=1S/C46H73N7S.C2H6/c1-7-13-18-31-52(32-19-14-8-2)39-27-23-37(24-28-39)41-43(47)44(49-48-35-36(12-6)22-17-11-5)42(46-45(41)50-54-51-46)38-25-29-40(30-26-38)53(33-20-15-9-3)34-21-16-10-4;1-2/h23-30,36,48-49H,7-22,31-35,47H2,1-6H3;1-2H3. The molecule has 0 amide bonds. The number of nitrogens with zero attached hydrogens (tertiary/aromatic N) is 4. The fourth-order valence-electron chi connectivity index (χ4n) is 7.58. The Balaban J connectivity index is 0.00000414. The van der Waals surface area contributed by atoms with Gasteiger partial charge in [-0.1, -0.05) is 150 Å². The molecular formula is C48H79N7S. The van der Waals surface area contributed by atoms with E-state index in [9.17, 15) is 0 Å². The van der Waals surface area contributed by atoms with Gasteiger partial charge in [0.15, 0.2) is 0 Å². The van der Waals surface area contributed by atoms with Crippen LogP contribution in [0.4, 0.5) is 22.7 Å². The largest absolute Gasteiger partial charge is 0.396 e. The van der Waals surface area contributed by atoms with Crippen LogP contribution in [0.25, 0.3) is 33.3 Å². The average Bonchev–Trinajstić information content (AvgIpc) is 3.71. The second kappa shape index (κ2) is 27.3. The van der Waals surface area contributed by atoms with E-state index in [4.69, 9.17) is 14.5 Å². The third-order valence-corrected chi connectivity index (χ3v) is 11.6. The molecule has 0 bridgehead atoms. The minimum atomic E-state index is 0.599. The maximum Gasteiger partial charge on any atom is 0.115 e. The topological polar surface area (TPSA) is 82.3 Å². The summed E-state index contributed by atoms with van der Waals surface area (Å²) in [6.45, 7) is 22.9. The highest BCUT2D eigenvalue weighted by Gasteiger charge is 2.24. The van der Waals surface area contributed by atoms with Crippen LogP contribution in [0.2, 0.25) is 0 Å². The Kier molecular flexibility index (Phi) is 22.9. The lowest BCUT2D eigenvalue weighted by Gasteiger charge is -2.26. The molecule has 312 valence electrons. The van der Waals surface area contributed by atoms with E-state index in [1.807, 2.05) is 13.8 Å². The molecule has 0 saturated carbocycles. The number of nitrogen functional groups attached to an aromatic ring is 1. The molecule has 0 saturated heterocycles. The number of nitrogens with two attached hydrogens (primary N) is 1. The van der Waals surface area contributed by atoms with Gasteiger partial charge in [-0.05, 0) is 73.4 Å². The van der Waals surface area contributed by atoms with Crippen LogP contribution in [0, 0.1) is 5.92 Å². The Labute approximate surface area is 346 Å². The fraction of sp³-hybridized carbons (Fsp3) is 0.625. The van der Waals surface area contributed by atoms with E-state index in [0.717, 1.165) is 78.1 Å². The van der Waals surface area contributed by atoms with Gasteiger partial charge in [-0.3, -0.25) is 0 Å². The summed E-state index contributed by atoms with van der Waals surface area (Å²) < 4.78 is 9.87. The quantitative estimate of drug-likeness (QED) is 0.0300. The smallest absolute Gasteiger partial charge is 0.115 e. The summed E-state index contributed by atoms with van der Waals surface area (Å²) in [5.41, 5.74) is 24.6. The lowest BCUT2D eigenvalue weighted by atomic mass is 9.93. The minimum Gasteiger partial charge on any atom is -0.396 e. The second-order valence-corrected chi connectivity index (χ2v) is 15.8. The van der Waals surface area contributed by atoms with E-state index in [0.29, 0.717) is 11.6 Å². The summed E-state index contributed by atoms with van der Waals surface area (Å²) in [5, 5.41) is 0. The fourth-order valence-corrected chi connectivity index (χ4v) is 8.14. The van der Waals surface area contributed by atoms with Gasteiger partial charge >= 0.3 is 0 Å². The molecule has 1 heterocycles. The maximum atomic E-state index is 7.30. The zero-order valence-electron chi connectivity index (χ0n) is 36.8.